The molecule has 1 amide bonds. The molecule has 1 aromatic heterocycles. The molecule has 3 rings (SSSR count). The number of carbonyl (C=O) groups is 1. The first-order valence-corrected chi connectivity index (χ1v) is 12.3. The maximum Gasteiger partial charge on any atom is 0.410 e. The minimum absolute atomic E-state index is 0.0622. The first-order chi connectivity index (χ1) is 14.1. The summed E-state index contributed by atoms with van der Waals surface area (Å²) in [6, 6.07) is -0.147. The highest BCUT2D eigenvalue weighted by molar-refractivity contribution is 8.01. The maximum atomic E-state index is 12.3. The van der Waals surface area contributed by atoms with Gasteiger partial charge in [-0.3, -0.25) is 4.90 Å². The molecule has 1 aromatic rings. The van der Waals surface area contributed by atoms with Crippen LogP contribution in [0.5, 0.6) is 0 Å². The molecule has 29 heavy (non-hydrogen) atoms. The zero-order chi connectivity index (χ0) is 20.7. The van der Waals surface area contributed by atoms with Crippen LogP contribution in [0.1, 0.15) is 45.4 Å². The Morgan fingerprint density at radius 2 is 2.31 bits per heavy atom. The van der Waals surface area contributed by atoms with E-state index in [9.17, 15) is 9.90 Å². The van der Waals surface area contributed by atoms with Crippen molar-refractivity contribution in [3.63, 3.8) is 0 Å². The molecule has 0 radical (unpaired) electrons. The van der Waals surface area contributed by atoms with Gasteiger partial charge >= 0.3 is 6.09 Å². The number of thiazole rings is 1. The molecule has 1 aliphatic heterocycles. The van der Waals surface area contributed by atoms with Gasteiger partial charge in [-0.15, -0.1) is 11.3 Å². The van der Waals surface area contributed by atoms with Gasteiger partial charge in [-0.1, -0.05) is 36.8 Å². The number of hydrogen-bond acceptors (Lipinski definition) is 7. The van der Waals surface area contributed by atoms with Crippen LogP contribution in [0, 0.1) is 5.41 Å². The van der Waals surface area contributed by atoms with E-state index in [4.69, 9.17) is 9.47 Å². The number of rotatable bonds is 11. The molecule has 1 N–H and O–H groups in total. The van der Waals surface area contributed by atoms with E-state index in [1.807, 2.05) is 24.5 Å². The third-order valence-corrected chi connectivity index (χ3v) is 8.02. The van der Waals surface area contributed by atoms with Gasteiger partial charge in [-0.05, 0) is 38.0 Å². The molecular weight excluding hydrogens is 408 g/mol. The van der Waals surface area contributed by atoms with Crippen molar-refractivity contribution < 1.29 is 19.4 Å². The largest absolute Gasteiger partial charge is 0.444 e. The van der Waals surface area contributed by atoms with Crippen LogP contribution >= 0.6 is 23.1 Å². The van der Waals surface area contributed by atoms with E-state index in [0.29, 0.717) is 6.54 Å². The zero-order valence-electron chi connectivity index (χ0n) is 17.3. The van der Waals surface area contributed by atoms with E-state index in [-0.39, 0.29) is 23.7 Å². The SMILES string of the molecule is COCCCC1(C(O)/C=C/[C@H]2[C@H](C)OC(=O)N2CCSc2nccs2)CCCC1. The summed E-state index contributed by atoms with van der Waals surface area (Å²) < 4.78 is 11.7. The number of methoxy groups -OCH3 is 1. The minimum atomic E-state index is -0.503. The van der Waals surface area contributed by atoms with E-state index >= 15 is 0 Å². The van der Waals surface area contributed by atoms with E-state index in [1.54, 1.807) is 41.3 Å². The second-order valence-electron chi connectivity index (χ2n) is 7.91. The number of aromatic nitrogens is 1. The number of thioether (sulfide) groups is 1. The molecule has 3 atom stereocenters. The van der Waals surface area contributed by atoms with Crippen LogP contribution in [0.25, 0.3) is 0 Å². The highest BCUT2D eigenvalue weighted by Crippen LogP contribution is 2.45. The second-order valence-corrected chi connectivity index (χ2v) is 10.2. The number of aliphatic hydroxyl groups is 1. The van der Waals surface area contributed by atoms with Crippen molar-refractivity contribution in [2.75, 3.05) is 26.0 Å². The molecule has 1 saturated carbocycles. The van der Waals surface area contributed by atoms with Crippen molar-refractivity contribution in [1.29, 1.82) is 0 Å². The second kappa shape index (κ2) is 10.8. The summed E-state index contributed by atoms with van der Waals surface area (Å²) in [5, 5.41) is 13.0. The number of carbonyl (C=O) groups excluding carboxylic acids is 1. The number of ether oxygens (including phenoxy) is 2. The average Bonchev–Trinajstić information content (AvgIpc) is 3.43. The first kappa shape index (κ1) is 22.6. The van der Waals surface area contributed by atoms with Crippen molar-refractivity contribution in [2.45, 2.75) is 68.0 Å². The van der Waals surface area contributed by atoms with E-state index in [2.05, 4.69) is 4.98 Å². The summed E-state index contributed by atoms with van der Waals surface area (Å²) >= 11 is 3.25. The standard InChI is InChI=1S/C21H32N2O4S2/c1-16-17(23(20(25)27-16)12-15-29-19-22-11-14-28-19)6-7-18(24)21(8-3-4-9-21)10-5-13-26-2/h6-7,11,14,16-18,24H,3-5,8-10,12-13,15H2,1-2H3/b7-6+/t16-,17-,18?/m0/s1. The summed E-state index contributed by atoms with van der Waals surface area (Å²) in [7, 11) is 1.72. The highest BCUT2D eigenvalue weighted by atomic mass is 32.2. The Balaban J connectivity index is 1.60. The first-order valence-electron chi connectivity index (χ1n) is 10.4. The van der Waals surface area contributed by atoms with Crippen molar-refractivity contribution >= 4 is 29.2 Å². The number of hydrogen-bond donors (Lipinski definition) is 1. The van der Waals surface area contributed by atoms with Gasteiger partial charge in [0.25, 0.3) is 0 Å². The third kappa shape index (κ3) is 5.75. The monoisotopic (exact) mass is 440 g/mol. The normalized spacial score (nSPS) is 25.1. The minimum Gasteiger partial charge on any atom is -0.444 e. The number of cyclic esters (lactones) is 1. The van der Waals surface area contributed by atoms with E-state index < -0.39 is 6.10 Å². The fourth-order valence-electron chi connectivity index (χ4n) is 4.45. The van der Waals surface area contributed by atoms with Gasteiger partial charge in [-0.25, -0.2) is 9.78 Å². The summed E-state index contributed by atoms with van der Waals surface area (Å²) in [4.78, 5) is 18.3. The molecule has 2 aliphatic rings. The molecule has 0 aromatic carbocycles. The van der Waals surface area contributed by atoms with E-state index in [0.717, 1.165) is 42.4 Å². The predicted molar refractivity (Wildman–Crippen MR) is 116 cm³/mol. The topological polar surface area (TPSA) is 71.9 Å². The summed E-state index contributed by atoms with van der Waals surface area (Å²) in [5.41, 5.74) is -0.0622. The lowest BCUT2D eigenvalue weighted by Gasteiger charge is -2.33. The Bertz CT molecular complexity index is 662. The molecule has 1 unspecified atom stereocenters. The lowest BCUT2D eigenvalue weighted by Crippen LogP contribution is -2.37. The maximum absolute atomic E-state index is 12.3. The Kier molecular flexibility index (Phi) is 8.41. The molecule has 0 spiro atoms. The van der Waals surface area contributed by atoms with Crippen molar-refractivity contribution in [1.82, 2.24) is 9.88 Å². The van der Waals surface area contributed by atoms with Crippen LogP contribution in [0.2, 0.25) is 0 Å². The summed E-state index contributed by atoms with van der Waals surface area (Å²) in [6.07, 6.45) is 11.0. The zero-order valence-corrected chi connectivity index (χ0v) is 18.9. The van der Waals surface area contributed by atoms with Gasteiger partial charge in [-0.2, -0.15) is 0 Å². The van der Waals surface area contributed by atoms with Crippen molar-refractivity contribution in [3.05, 3.63) is 23.7 Å². The molecule has 2 fully saturated rings. The number of aliphatic hydroxyl groups excluding tert-OH is 1. The third-order valence-electron chi connectivity index (χ3n) is 6.07. The quantitative estimate of drug-likeness (QED) is 0.313. The number of amides is 1. The fourth-order valence-corrected chi connectivity index (χ4v) is 6.10. The van der Waals surface area contributed by atoms with Gasteiger partial charge in [0.2, 0.25) is 0 Å². The highest BCUT2D eigenvalue weighted by Gasteiger charge is 2.40. The molecule has 6 nitrogen and oxygen atoms in total. The molecule has 8 heteroatoms. The van der Waals surface area contributed by atoms with Gasteiger partial charge in [0.1, 0.15) is 10.4 Å². The smallest absolute Gasteiger partial charge is 0.410 e. The molecule has 1 saturated heterocycles. The Labute approximate surface area is 181 Å². The van der Waals surface area contributed by atoms with Crippen molar-refractivity contribution in [2.24, 2.45) is 5.41 Å². The summed E-state index contributed by atoms with van der Waals surface area (Å²) in [5.74, 6) is 0.767. The van der Waals surface area contributed by atoms with Gasteiger partial charge in [0, 0.05) is 37.6 Å². The number of nitrogens with zero attached hydrogens (tertiary/aromatic N) is 2. The van der Waals surface area contributed by atoms with Crippen LogP contribution < -0.4 is 0 Å². The Morgan fingerprint density at radius 3 is 3.00 bits per heavy atom. The predicted octanol–water partition coefficient (Wildman–Crippen LogP) is 4.35. The fraction of sp³-hybridized carbons (Fsp3) is 0.714. The Morgan fingerprint density at radius 1 is 1.52 bits per heavy atom. The lowest BCUT2D eigenvalue weighted by atomic mass is 9.76. The van der Waals surface area contributed by atoms with Gasteiger partial charge in [0.05, 0.1) is 12.1 Å². The molecule has 1 aliphatic carbocycles. The average molecular weight is 441 g/mol. The molecule has 162 valence electrons. The van der Waals surface area contributed by atoms with E-state index in [1.165, 1.54) is 12.8 Å². The van der Waals surface area contributed by atoms with Crippen LogP contribution in [-0.2, 0) is 9.47 Å². The van der Waals surface area contributed by atoms with Crippen molar-refractivity contribution in [3.8, 4) is 0 Å². The Hall–Kier alpha value is -1.09. The van der Waals surface area contributed by atoms with Gasteiger partial charge in [0.15, 0.2) is 0 Å². The van der Waals surface area contributed by atoms with Crippen LogP contribution in [0.4, 0.5) is 4.79 Å². The lowest BCUT2D eigenvalue weighted by molar-refractivity contribution is 0.0489. The molecular formula is C21H32N2O4S2. The molecule has 0 bridgehead atoms. The molecule has 2 heterocycles. The summed E-state index contributed by atoms with van der Waals surface area (Å²) in [6.45, 7) is 3.24. The van der Waals surface area contributed by atoms with Crippen LogP contribution in [0.15, 0.2) is 28.1 Å². The van der Waals surface area contributed by atoms with Crippen LogP contribution in [-0.4, -0.2) is 65.3 Å². The van der Waals surface area contributed by atoms with Crippen LogP contribution in [0.3, 0.4) is 0 Å². The van der Waals surface area contributed by atoms with Gasteiger partial charge < -0.3 is 14.6 Å².